The first-order chi connectivity index (χ1) is 15.1. The Bertz CT molecular complexity index is 1030. The van der Waals surface area contributed by atoms with Gasteiger partial charge in [-0.3, -0.25) is 4.79 Å². The number of ether oxygens (including phenoxy) is 1. The molecule has 6 nitrogen and oxygen atoms in total. The Morgan fingerprint density at radius 2 is 1.74 bits per heavy atom. The van der Waals surface area contributed by atoms with Crippen LogP contribution in [0.5, 0.6) is 11.5 Å². The van der Waals surface area contributed by atoms with Crippen LogP contribution in [0.4, 0.5) is 5.13 Å². The molecule has 1 aliphatic rings. The van der Waals surface area contributed by atoms with Gasteiger partial charge in [0.05, 0.1) is 5.92 Å². The molecule has 1 saturated carbocycles. The fourth-order valence-electron chi connectivity index (χ4n) is 3.99. The van der Waals surface area contributed by atoms with Crippen LogP contribution in [0, 0.1) is 5.92 Å². The summed E-state index contributed by atoms with van der Waals surface area (Å²) in [6.45, 7) is 0. The van der Waals surface area contributed by atoms with Gasteiger partial charge in [-0.1, -0.05) is 56.0 Å². The van der Waals surface area contributed by atoms with Gasteiger partial charge in [0, 0.05) is 5.38 Å². The van der Waals surface area contributed by atoms with E-state index >= 15 is 0 Å². The molecule has 1 fully saturated rings. The Morgan fingerprint density at radius 3 is 2.39 bits per heavy atom. The number of nitrogens with zero attached hydrogens (tertiary/aromatic N) is 1. The molecule has 1 heterocycles. The molecule has 2 N–H and O–H groups in total. The van der Waals surface area contributed by atoms with E-state index in [-0.39, 0.29) is 17.5 Å². The highest BCUT2D eigenvalue weighted by molar-refractivity contribution is 7.14. The number of carbonyl (C=O) groups excluding carboxylic acids is 1. The molecule has 0 radical (unpaired) electrons. The van der Waals surface area contributed by atoms with Crippen molar-refractivity contribution in [3.8, 4) is 11.5 Å². The van der Waals surface area contributed by atoms with E-state index in [1.807, 2.05) is 54.6 Å². The van der Waals surface area contributed by atoms with Crippen LogP contribution < -0.4 is 10.1 Å². The molecule has 4 rings (SSSR count). The van der Waals surface area contributed by atoms with Crippen molar-refractivity contribution in [3.63, 3.8) is 0 Å². The molecular formula is C24H24N2O4S. The molecule has 7 heteroatoms. The Hall–Kier alpha value is -3.19. The first kappa shape index (κ1) is 21.1. The zero-order valence-corrected chi connectivity index (χ0v) is 17.8. The fourth-order valence-corrected chi connectivity index (χ4v) is 4.68. The molecule has 0 spiro atoms. The van der Waals surface area contributed by atoms with Crippen molar-refractivity contribution in [2.45, 2.75) is 38.0 Å². The quantitative estimate of drug-likeness (QED) is 0.456. The summed E-state index contributed by atoms with van der Waals surface area (Å²) in [5.74, 6) is 0.394. The first-order valence-corrected chi connectivity index (χ1v) is 11.3. The van der Waals surface area contributed by atoms with E-state index in [4.69, 9.17) is 9.84 Å². The average Bonchev–Trinajstić information content (AvgIpc) is 3.46. The lowest BCUT2D eigenvalue weighted by Crippen LogP contribution is -2.23. The number of carbonyl (C=O) groups is 2. The summed E-state index contributed by atoms with van der Waals surface area (Å²) in [5.41, 5.74) is 0.856. The normalized spacial score (nSPS) is 14.8. The molecule has 0 saturated heterocycles. The molecule has 1 aromatic heterocycles. The first-order valence-electron chi connectivity index (χ1n) is 10.4. The summed E-state index contributed by atoms with van der Waals surface area (Å²) >= 11 is 1.12. The predicted octanol–water partition coefficient (Wildman–Crippen LogP) is 5.94. The van der Waals surface area contributed by atoms with Gasteiger partial charge in [-0.15, -0.1) is 11.3 Å². The van der Waals surface area contributed by atoms with Gasteiger partial charge in [-0.05, 0) is 42.2 Å². The molecule has 1 unspecified atom stereocenters. The zero-order valence-electron chi connectivity index (χ0n) is 17.0. The molecular weight excluding hydrogens is 412 g/mol. The van der Waals surface area contributed by atoms with Gasteiger partial charge in [-0.25, -0.2) is 9.78 Å². The highest BCUT2D eigenvalue weighted by Gasteiger charge is 2.27. The van der Waals surface area contributed by atoms with Crippen molar-refractivity contribution in [1.29, 1.82) is 0 Å². The van der Waals surface area contributed by atoms with Crippen molar-refractivity contribution in [2.24, 2.45) is 5.92 Å². The molecule has 31 heavy (non-hydrogen) atoms. The number of hydrogen-bond acceptors (Lipinski definition) is 5. The van der Waals surface area contributed by atoms with Gasteiger partial charge >= 0.3 is 5.97 Å². The van der Waals surface area contributed by atoms with E-state index in [0.29, 0.717) is 16.8 Å². The number of benzene rings is 2. The molecule has 1 amide bonds. The number of thiazole rings is 1. The Morgan fingerprint density at radius 1 is 1.06 bits per heavy atom. The van der Waals surface area contributed by atoms with Crippen molar-refractivity contribution >= 4 is 28.3 Å². The van der Waals surface area contributed by atoms with Gasteiger partial charge in [0.2, 0.25) is 5.91 Å². The molecule has 3 aromatic rings. The van der Waals surface area contributed by atoms with E-state index in [0.717, 1.165) is 41.9 Å². The minimum Gasteiger partial charge on any atom is -0.476 e. The maximum atomic E-state index is 13.1. The molecule has 0 bridgehead atoms. The van der Waals surface area contributed by atoms with Gasteiger partial charge < -0.3 is 15.2 Å². The second-order valence-electron chi connectivity index (χ2n) is 7.76. The Balaban J connectivity index is 1.50. The minimum atomic E-state index is -1.10. The van der Waals surface area contributed by atoms with Crippen LogP contribution in [-0.2, 0) is 4.79 Å². The van der Waals surface area contributed by atoms with Crippen molar-refractivity contribution in [1.82, 2.24) is 4.98 Å². The van der Waals surface area contributed by atoms with Crippen LogP contribution >= 0.6 is 11.3 Å². The fraction of sp³-hybridized carbons (Fsp3) is 0.292. The van der Waals surface area contributed by atoms with Gasteiger partial charge in [-0.2, -0.15) is 0 Å². The van der Waals surface area contributed by atoms with E-state index in [2.05, 4.69) is 10.3 Å². The number of anilines is 1. The number of nitrogens with one attached hydrogen (secondary N) is 1. The van der Waals surface area contributed by atoms with Crippen LogP contribution in [0.2, 0.25) is 0 Å². The Kier molecular flexibility index (Phi) is 6.62. The molecule has 1 aliphatic carbocycles. The van der Waals surface area contributed by atoms with Crippen LogP contribution in [-0.4, -0.2) is 22.0 Å². The highest BCUT2D eigenvalue weighted by atomic mass is 32.1. The monoisotopic (exact) mass is 436 g/mol. The number of rotatable bonds is 8. The lowest BCUT2D eigenvalue weighted by molar-refractivity contribution is -0.118. The summed E-state index contributed by atoms with van der Waals surface area (Å²) in [5, 5.41) is 13.6. The summed E-state index contributed by atoms with van der Waals surface area (Å²) in [6.07, 6.45) is 5.45. The number of para-hydroxylation sites is 1. The minimum absolute atomic E-state index is 0.0601. The largest absolute Gasteiger partial charge is 0.476 e. The molecule has 2 aromatic carbocycles. The highest BCUT2D eigenvalue weighted by Crippen LogP contribution is 2.36. The maximum absolute atomic E-state index is 13.1. The van der Waals surface area contributed by atoms with E-state index < -0.39 is 5.97 Å². The third-order valence-electron chi connectivity index (χ3n) is 5.58. The topological polar surface area (TPSA) is 88.5 Å². The van der Waals surface area contributed by atoms with Crippen LogP contribution in [0.3, 0.4) is 0 Å². The molecule has 160 valence electrons. The number of aromatic carboxylic acids is 1. The van der Waals surface area contributed by atoms with Crippen LogP contribution in [0.15, 0.2) is 60.0 Å². The number of carboxylic acid groups (broad SMARTS) is 1. The SMILES string of the molecule is O=C(O)c1csc(NC(=O)C(CC2CCCC2)c2ccc(Oc3ccccc3)cc2)n1. The number of hydrogen-bond donors (Lipinski definition) is 2. The summed E-state index contributed by atoms with van der Waals surface area (Å²) in [6, 6.07) is 17.2. The predicted molar refractivity (Wildman–Crippen MR) is 120 cm³/mol. The number of aromatic nitrogens is 1. The zero-order chi connectivity index (χ0) is 21.6. The lowest BCUT2D eigenvalue weighted by atomic mass is 9.87. The average molecular weight is 437 g/mol. The van der Waals surface area contributed by atoms with Gasteiger partial charge in [0.15, 0.2) is 10.8 Å². The lowest BCUT2D eigenvalue weighted by Gasteiger charge is -2.20. The van der Waals surface area contributed by atoms with Crippen LogP contribution in [0.25, 0.3) is 0 Å². The maximum Gasteiger partial charge on any atom is 0.355 e. The van der Waals surface area contributed by atoms with Gasteiger partial charge in [0.1, 0.15) is 11.5 Å². The summed E-state index contributed by atoms with van der Waals surface area (Å²) in [7, 11) is 0. The van der Waals surface area contributed by atoms with Crippen molar-refractivity contribution in [2.75, 3.05) is 5.32 Å². The van der Waals surface area contributed by atoms with Crippen molar-refractivity contribution < 1.29 is 19.4 Å². The molecule has 0 aliphatic heterocycles. The Labute approximate surface area is 184 Å². The third kappa shape index (κ3) is 5.49. The van der Waals surface area contributed by atoms with E-state index in [9.17, 15) is 9.59 Å². The smallest absolute Gasteiger partial charge is 0.355 e. The third-order valence-corrected chi connectivity index (χ3v) is 6.33. The number of carboxylic acids is 1. The van der Waals surface area contributed by atoms with Gasteiger partial charge in [0.25, 0.3) is 0 Å². The second kappa shape index (κ2) is 9.75. The summed E-state index contributed by atoms with van der Waals surface area (Å²) in [4.78, 5) is 28.2. The van der Waals surface area contributed by atoms with E-state index in [1.165, 1.54) is 18.2 Å². The van der Waals surface area contributed by atoms with E-state index in [1.54, 1.807) is 0 Å². The van der Waals surface area contributed by atoms with Crippen LogP contribution in [0.1, 0.15) is 54.1 Å². The number of amides is 1. The second-order valence-corrected chi connectivity index (χ2v) is 8.61. The summed E-state index contributed by atoms with van der Waals surface area (Å²) < 4.78 is 5.86. The standard InChI is InChI=1S/C24H24N2O4S/c27-22(26-24-25-21(15-31-24)23(28)29)20(14-16-6-4-5-7-16)17-10-12-19(13-11-17)30-18-8-2-1-3-9-18/h1-3,8-13,15-16,20H,4-7,14H2,(H,28,29)(H,25,26,27). The molecule has 1 atom stereocenters. The van der Waals surface area contributed by atoms with Crippen molar-refractivity contribution in [3.05, 3.63) is 71.2 Å².